The maximum atomic E-state index is 14.1. The molecule has 3 aromatic rings. The van der Waals surface area contributed by atoms with E-state index >= 15 is 0 Å². The molecule has 1 saturated carbocycles. The molecular formula is C27H34F2N6O4. The molecule has 1 N–H and O–H groups in total. The number of imidazole rings is 1. The second kappa shape index (κ2) is 11.3. The largest absolute Gasteiger partial charge is 0.474 e. The number of amides is 1. The second-order valence-corrected chi connectivity index (χ2v) is 10.8. The molecule has 1 aromatic carbocycles. The van der Waals surface area contributed by atoms with Crippen molar-refractivity contribution in [3.63, 3.8) is 0 Å². The van der Waals surface area contributed by atoms with Gasteiger partial charge in [-0.3, -0.25) is 4.57 Å². The smallest absolute Gasteiger partial charge is 0.407 e. The molecule has 0 unspecified atom stereocenters. The van der Waals surface area contributed by atoms with E-state index in [4.69, 9.17) is 14.2 Å². The molecule has 0 bridgehead atoms. The summed E-state index contributed by atoms with van der Waals surface area (Å²) in [6.07, 6.45) is -0.525. The number of anilines is 1. The van der Waals surface area contributed by atoms with Gasteiger partial charge in [-0.15, -0.1) is 0 Å². The summed E-state index contributed by atoms with van der Waals surface area (Å²) in [7, 11) is 0. The first kappa shape index (κ1) is 27.0. The van der Waals surface area contributed by atoms with Crippen molar-refractivity contribution >= 4 is 23.1 Å². The molecule has 39 heavy (non-hydrogen) atoms. The van der Waals surface area contributed by atoms with Crippen molar-refractivity contribution in [1.29, 1.82) is 0 Å². The van der Waals surface area contributed by atoms with Gasteiger partial charge in [0.15, 0.2) is 5.82 Å². The fourth-order valence-electron chi connectivity index (χ4n) is 4.88. The number of aromatic nitrogens is 4. The van der Waals surface area contributed by atoms with E-state index < -0.39 is 18.1 Å². The standard InChI is InChI=1S/C27H34F2N6O4/c1-27(2,3)39-26(36)30-17-8-10-18(11-9-17)38-22-16-21(32-25(33-22)34-12-14-37-15-13-34)35-20-7-5-4-6-19(20)31-24(35)23(28)29/h4-7,16-18,23H,8-15H2,1-3H3,(H,30,36)/t17-,18-. The Hall–Kier alpha value is -3.54. The number of alkyl carbamates (subject to hydrolysis) is 1. The van der Waals surface area contributed by atoms with Crippen molar-refractivity contribution < 1.29 is 27.8 Å². The van der Waals surface area contributed by atoms with Gasteiger partial charge in [0, 0.05) is 25.2 Å². The second-order valence-electron chi connectivity index (χ2n) is 10.8. The van der Waals surface area contributed by atoms with Crippen molar-refractivity contribution in [3.8, 4) is 11.7 Å². The molecular weight excluding hydrogens is 510 g/mol. The molecule has 1 saturated heterocycles. The van der Waals surface area contributed by atoms with Gasteiger partial charge in [0.25, 0.3) is 6.43 Å². The summed E-state index contributed by atoms with van der Waals surface area (Å²) in [6, 6.07) is 8.57. The summed E-state index contributed by atoms with van der Waals surface area (Å²) in [5.74, 6) is 0.584. The van der Waals surface area contributed by atoms with Crippen LogP contribution in [-0.4, -0.2) is 69.7 Å². The van der Waals surface area contributed by atoms with E-state index in [-0.39, 0.29) is 23.8 Å². The van der Waals surface area contributed by atoms with Gasteiger partial charge >= 0.3 is 6.09 Å². The summed E-state index contributed by atoms with van der Waals surface area (Å²) >= 11 is 0. The molecule has 3 heterocycles. The number of nitrogens with one attached hydrogen (secondary N) is 1. The summed E-state index contributed by atoms with van der Waals surface area (Å²) in [6.45, 7) is 7.69. The number of hydrogen-bond donors (Lipinski definition) is 1. The number of halogens is 2. The number of morpholine rings is 1. The first-order valence-corrected chi connectivity index (χ1v) is 13.3. The van der Waals surface area contributed by atoms with E-state index in [2.05, 4.69) is 20.3 Å². The summed E-state index contributed by atoms with van der Waals surface area (Å²) < 4.78 is 46.7. The Morgan fingerprint density at radius 2 is 1.79 bits per heavy atom. The van der Waals surface area contributed by atoms with Crippen LogP contribution in [0.1, 0.15) is 58.7 Å². The molecule has 1 aliphatic heterocycles. The van der Waals surface area contributed by atoms with Crippen LogP contribution in [0.25, 0.3) is 16.9 Å². The third kappa shape index (κ3) is 6.55. The van der Waals surface area contributed by atoms with E-state index in [0.29, 0.717) is 62.0 Å². The summed E-state index contributed by atoms with van der Waals surface area (Å²) in [5, 5.41) is 2.93. The Bertz CT molecular complexity index is 1300. The Labute approximate surface area is 225 Å². The van der Waals surface area contributed by atoms with Crippen LogP contribution in [0.2, 0.25) is 0 Å². The number of para-hydroxylation sites is 2. The molecule has 210 valence electrons. The molecule has 2 fully saturated rings. The van der Waals surface area contributed by atoms with Gasteiger partial charge in [-0.1, -0.05) is 12.1 Å². The summed E-state index contributed by atoms with van der Waals surface area (Å²) in [5.41, 5.74) is 0.426. The van der Waals surface area contributed by atoms with Gasteiger partial charge in [0.05, 0.1) is 24.2 Å². The number of benzene rings is 1. The topological polar surface area (TPSA) is 104 Å². The zero-order chi connectivity index (χ0) is 27.6. The molecule has 1 aliphatic carbocycles. The van der Waals surface area contributed by atoms with Gasteiger partial charge in [-0.2, -0.15) is 9.97 Å². The number of carbonyl (C=O) groups excluding carboxylic acids is 1. The Morgan fingerprint density at radius 1 is 1.08 bits per heavy atom. The van der Waals surface area contributed by atoms with E-state index in [1.54, 1.807) is 30.3 Å². The summed E-state index contributed by atoms with van der Waals surface area (Å²) in [4.78, 5) is 27.6. The lowest BCUT2D eigenvalue weighted by molar-refractivity contribution is 0.0469. The van der Waals surface area contributed by atoms with Gasteiger partial charge in [0.2, 0.25) is 11.8 Å². The van der Waals surface area contributed by atoms with E-state index in [1.807, 2.05) is 25.7 Å². The van der Waals surface area contributed by atoms with Gasteiger partial charge in [-0.05, 0) is 58.6 Å². The van der Waals surface area contributed by atoms with Crippen LogP contribution >= 0.6 is 0 Å². The number of alkyl halides is 2. The molecule has 0 spiro atoms. The maximum Gasteiger partial charge on any atom is 0.407 e. The highest BCUT2D eigenvalue weighted by Crippen LogP contribution is 2.31. The fraction of sp³-hybridized carbons (Fsp3) is 0.556. The van der Waals surface area contributed by atoms with Crippen LogP contribution in [0, 0.1) is 0 Å². The molecule has 0 radical (unpaired) electrons. The third-order valence-electron chi connectivity index (χ3n) is 6.66. The van der Waals surface area contributed by atoms with Crippen molar-refractivity contribution in [1.82, 2.24) is 24.8 Å². The van der Waals surface area contributed by atoms with Gasteiger partial charge < -0.3 is 24.4 Å². The van der Waals surface area contributed by atoms with Crippen molar-refractivity contribution in [2.75, 3.05) is 31.2 Å². The lowest BCUT2D eigenvalue weighted by atomic mass is 9.93. The predicted octanol–water partition coefficient (Wildman–Crippen LogP) is 4.80. The number of carbonyl (C=O) groups is 1. The molecule has 0 atom stereocenters. The third-order valence-corrected chi connectivity index (χ3v) is 6.66. The van der Waals surface area contributed by atoms with Crippen LogP contribution in [0.5, 0.6) is 5.88 Å². The first-order valence-electron chi connectivity index (χ1n) is 13.3. The minimum Gasteiger partial charge on any atom is -0.474 e. The molecule has 2 aliphatic rings. The molecule has 12 heteroatoms. The zero-order valence-corrected chi connectivity index (χ0v) is 22.4. The van der Waals surface area contributed by atoms with Crippen LogP contribution in [0.4, 0.5) is 19.5 Å². The highest BCUT2D eigenvalue weighted by Gasteiger charge is 2.28. The van der Waals surface area contributed by atoms with Crippen LogP contribution < -0.4 is 15.0 Å². The minimum atomic E-state index is -2.80. The average molecular weight is 545 g/mol. The van der Waals surface area contributed by atoms with Crippen LogP contribution in [0.15, 0.2) is 30.3 Å². The lowest BCUT2D eigenvalue weighted by Gasteiger charge is -2.31. The Morgan fingerprint density at radius 3 is 2.49 bits per heavy atom. The monoisotopic (exact) mass is 544 g/mol. The maximum absolute atomic E-state index is 14.1. The molecule has 2 aromatic heterocycles. The molecule has 10 nitrogen and oxygen atoms in total. The Kier molecular flexibility index (Phi) is 7.83. The van der Waals surface area contributed by atoms with Crippen molar-refractivity contribution in [2.45, 2.75) is 70.6 Å². The van der Waals surface area contributed by atoms with E-state index in [9.17, 15) is 13.6 Å². The number of nitrogens with zero attached hydrogens (tertiary/aromatic N) is 5. The minimum absolute atomic E-state index is 0.00418. The van der Waals surface area contributed by atoms with Gasteiger partial charge in [-0.25, -0.2) is 18.6 Å². The lowest BCUT2D eigenvalue weighted by Crippen LogP contribution is -2.42. The predicted molar refractivity (Wildman–Crippen MR) is 141 cm³/mol. The quantitative estimate of drug-likeness (QED) is 0.472. The van der Waals surface area contributed by atoms with E-state index in [1.165, 1.54) is 4.57 Å². The number of rotatable bonds is 6. The number of ether oxygens (including phenoxy) is 3. The van der Waals surface area contributed by atoms with Crippen LogP contribution in [0.3, 0.4) is 0 Å². The average Bonchev–Trinajstić information content (AvgIpc) is 3.29. The zero-order valence-electron chi connectivity index (χ0n) is 22.4. The SMILES string of the molecule is CC(C)(C)OC(=O)N[C@H]1CC[C@H](Oc2cc(-n3c(C(F)F)nc4ccccc43)nc(N3CCOCC3)n2)CC1. The highest BCUT2D eigenvalue weighted by atomic mass is 19.3. The fourth-order valence-corrected chi connectivity index (χ4v) is 4.88. The van der Waals surface area contributed by atoms with Crippen molar-refractivity contribution in [3.05, 3.63) is 36.2 Å². The highest BCUT2D eigenvalue weighted by molar-refractivity contribution is 5.78. The van der Waals surface area contributed by atoms with Crippen molar-refractivity contribution in [2.24, 2.45) is 0 Å². The van der Waals surface area contributed by atoms with E-state index in [0.717, 1.165) is 12.8 Å². The van der Waals surface area contributed by atoms with Gasteiger partial charge in [0.1, 0.15) is 17.5 Å². The number of fused-ring (bicyclic) bond motifs is 1. The Balaban J connectivity index is 1.38. The number of hydrogen-bond acceptors (Lipinski definition) is 8. The van der Waals surface area contributed by atoms with Crippen LogP contribution in [-0.2, 0) is 9.47 Å². The molecule has 1 amide bonds. The first-order chi connectivity index (χ1) is 18.7. The molecule has 5 rings (SSSR count). The normalized spacial score (nSPS) is 20.3.